The fourth-order valence-corrected chi connectivity index (χ4v) is 2.78. The molecule has 0 atom stereocenters. The molecule has 1 fully saturated rings. The average Bonchev–Trinajstić information content (AvgIpc) is 3.07. The SMILES string of the molecule is Cc1ccc(-c2ccc(F)cc2)c(F)c1NC(=O)N1CCCC1. The molecule has 23 heavy (non-hydrogen) atoms. The van der Waals surface area contributed by atoms with Gasteiger partial charge in [-0.05, 0) is 43.0 Å². The number of urea groups is 1. The zero-order chi connectivity index (χ0) is 16.4. The van der Waals surface area contributed by atoms with Crippen LogP contribution in [0.1, 0.15) is 18.4 Å². The fourth-order valence-electron chi connectivity index (χ4n) is 2.78. The van der Waals surface area contributed by atoms with Crippen LogP contribution in [0.3, 0.4) is 0 Å². The Morgan fingerprint density at radius 3 is 2.35 bits per heavy atom. The summed E-state index contributed by atoms with van der Waals surface area (Å²) in [7, 11) is 0. The Hall–Kier alpha value is -2.43. The van der Waals surface area contributed by atoms with E-state index in [1.807, 2.05) is 0 Å². The normalized spacial score (nSPS) is 14.1. The number of hydrogen-bond donors (Lipinski definition) is 1. The van der Waals surface area contributed by atoms with Crippen molar-refractivity contribution in [3.8, 4) is 11.1 Å². The molecule has 1 saturated heterocycles. The summed E-state index contributed by atoms with van der Waals surface area (Å²) < 4.78 is 27.9. The quantitative estimate of drug-likeness (QED) is 0.865. The van der Waals surface area contributed by atoms with Gasteiger partial charge in [-0.3, -0.25) is 0 Å². The Bertz CT molecular complexity index is 723. The first-order valence-corrected chi connectivity index (χ1v) is 7.67. The largest absolute Gasteiger partial charge is 0.325 e. The first kappa shape index (κ1) is 15.5. The zero-order valence-corrected chi connectivity index (χ0v) is 12.9. The van der Waals surface area contributed by atoms with Crippen LogP contribution in [0.15, 0.2) is 36.4 Å². The number of likely N-dealkylation sites (tertiary alicyclic amines) is 1. The van der Waals surface area contributed by atoms with Gasteiger partial charge in [0.2, 0.25) is 0 Å². The van der Waals surface area contributed by atoms with Crippen LogP contribution in [0.25, 0.3) is 11.1 Å². The first-order valence-electron chi connectivity index (χ1n) is 7.67. The summed E-state index contributed by atoms with van der Waals surface area (Å²) in [6.45, 7) is 3.14. The van der Waals surface area contributed by atoms with Crippen LogP contribution in [0, 0.1) is 18.6 Å². The highest BCUT2D eigenvalue weighted by Gasteiger charge is 2.21. The molecule has 0 unspecified atom stereocenters. The summed E-state index contributed by atoms with van der Waals surface area (Å²) in [5, 5.41) is 2.68. The highest BCUT2D eigenvalue weighted by atomic mass is 19.1. The Morgan fingerprint density at radius 1 is 1.04 bits per heavy atom. The molecule has 0 bridgehead atoms. The molecular formula is C18H18F2N2O. The van der Waals surface area contributed by atoms with Gasteiger partial charge in [0, 0.05) is 18.7 Å². The number of aryl methyl sites for hydroxylation is 1. The van der Waals surface area contributed by atoms with E-state index in [9.17, 15) is 13.6 Å². The van der Waals surface area contributed by atoms with E-state index in [2.05, 4.69) is 5.32 Å². The zero-order valence-electron chi connectivity index (χ0n) is 12.9. The second-order valence-electron chi connectivity index (χ2n) is 5.75. The number of benzene rings is 2. The number of nitrogens with one attached hydrogen (secondary N) is 1. The molecule has 1 heterocycles. The lowest BCUT2D eigenvalue weighted by molar-refractivity contribution is 0.222. The third-order valence-corrected chi connectivity index (χ3v) is 4.13. The van der Waals surface area contributed by atoms with Gasteiger partial charge in [-0.25, -0.2) is 13.6 Å². The number of anilines is 1. The first-order chi connectivity index (χ1) is 11.1. The van der Waals surface area contributed by atoms with Crippen LogP contribution >= 0.6 is 0 Å². The van der Waals surface area contributed by atoms with E-state index in [-0.39, 0.29) is 17.5 Å². The number of carbonyl (C=O) groups excluding carboxylic acids is 1. The van der Waals surface area contributed by atoms with Crippen molar-refractivity contribution in [1.82, 2.24) is 4.90 Å². The Morgan fingerprint density at radius 2 is 1.70 bits per heavy atom. The molecule has 2 aromatic rings. The van der Waals surface area contributed by atoms with E-state index < -0.39 is 5.82 Å². The molecule has 3 nitrogen and oxygen atoms in total. The van der Waals surface area contributed by atoms with E-state index in [0.29, 0.717) is 29.8 Å². The summed E-state index contributed by atoms with van der Waals surface area (Å²) in [4.78, 5) is 13.9. The summed E-state index contributed by atoms with van der Waals surface area (Å²) in [6.07, 6.45) is 1.95. The molecule has 1 aliphatic rings. The summed E-state index contributed by atoms with van der Waals surface area (Å²) in [5.41, 5.74) is 1.75. The predicted molar refractivity (Wildman–Crippen MR) is 86.4 cm³/mol. The topological polar surface area (TPSA) is 32.3 Å². The molecule has 0 aromatic heterocycles. The standard InChI is InChI=1S/C18H18F2N2O/c1-12-4-9-15(13-5-7-14(19)8-6-13)16(20)17(12)21-18(23)22-10-2-3-11-22/h4-9H,2-3,10-11H2,1H3,(H,21,23). The van der Waals surface area contributed by atoms with Crippen molar-refractivity contribution in [3.63, 3.8) is 0 Å². The molecule has 3 rings (SSSR count). The lowest BCUT2D eigenvalue weighted by Crippen LogP contribution is -2.32. The number of nitrogens with zero attached hydrogens (tertiary/aromatic N) is 1. The Labute approximate surface area is 133 Å². The van der Waals surface area contributed by atoms with Crippen molar-refractivity contribution < 1.29 is 13.6 Å². The van der Waals surface area contributed by atoms with Crippen LogP contribution < -0.4 is 5.32 Å². The van der Waals surface area contributed by atoms with Gasteiger partial charge < -0.3 is 10.2 Å². The number of hydrogen-bond acceptors (Lipinski definition) is 1. The molecule has 120 valence electrons. The third-order valence-electron chi connectivity index (χ3n) is 4.13. The monoisotopic (exact) mass is 316 g/mol. The number of amides is 2. The summed E-state index contributed by atoms with van der Waals surface area (Å²) in [5.74, 6) is -0.868. The van der Waals surface area contributed by atoms with E-state index in [0.717, 1.165) is 12.8 Å². The smallest absolute Gasteiger partial charge is 0.321 e. The van der Waals surface area contributed by atoms with Crippen molar-refractivity contribution in [1.29, 1.82) is 0 Å². The van der Waals surface area contributed by atoms with Crippen LogP contribution in [0.4, 0.5) is 19.3 Å². The second kappa shape index (κ2) is 6.36. The summed E-state index contributed by atoms with van der Waals surface area (Å²) >= 11 is 0. The maximum atomic E-state index is 14.8. The summed E-state index contributed by atoms with van der Waals surface area (Å²) in [6, 6.07) is 8.74. The van der Waals surface area contributed by atoms with Gasteiger partial charge in [0.15, 0.2) is 5.82 Å². The fraction of sp³-hybridized carbons (Fsp3) is 0.278. The molecule has 1 N–H and O–H groups in total. The molecule has 0 radical (unpaired) electrons. The number of halogens is 2. The molecule has 0 saturated carbocycles. The van der Waals surface area contributed by atoms with Crippen molar-refractivity contribution >= 4 is 11.7 Å². The van der Waals surface area contributed by atoms with Gasteiger partial charge in [0.05, 0.1) is 5.69 Å². The Balaban J connectivity index is 1.92. The third kappa shape index (κ3) is 3.18. The molecule has 0 spiro atoms. The number of rotatable bonds is 2. The van der Waals surface area contributed by atoms with Crippen LogP contribution in [0.2, 0.25) is 0 Å². The highest BCUT2D eigenvalue weighted by molar-refractivity contribution is 5.91. The minimum absolute atomic E-state index is 0.184. The van der Waals surface area contributed by atoms with E-state index in [4.69, 9.17) is 0 Å². The van der Waals surface area contributed by atoms with Crippen molar-refractivity contribution in [2.75, 3.05) is 18.4 Å². The minimum Gasteiger partial charge on any atom is -0.325 e. The van der Waals surface area contributed by atoms with Crippen molar-refractivity contribution in [2.24, 2.45) is 0 Å². The van der Waals surface area contributed by atoms with Gasteiger partial charge in [-0.1, -0.05) is 24.3 Å². The van der Waals surface area contributed by atoms with Gasteiger partial charge in [0.25, 0.3) is 0 Å². The van der Waals surface area contributed by atoms with Gasteiger partial charge in [0.1, 0.15) is 5.82 Å². The highest BCUT2D eigenvalue weighted by Crippen LogP contribution is 2.30. The second-order valence-corrected chi connectivity index (χ2v) is 5.75. The van der Waals surface area contributed by atoms with Crippen LogP contribution in [-0.4, -0.2) is 24.0 Å². The average molecular weight is 316 g/mol. The molecule has 0 aliphatic carbocycles. The van der Waals surface area contributed by atoms with Crippen LogP contribution in [0.5, 0.6) is 0 Å². The lowest BCUT2D eigenvalue weighted by atomic mass is 10.0. The van der Waals surface area contributed by atoms with E-state index in [1.54, 1.807) is 24.0 Å². The minimum atomic E-state index is -0.496. The number of carbonyl (C=O) groups is 1. The van der Waals surface area contributed by atoms with Crippen LogP contribution in [-0.2, 0) is 0 Å². The van der Waals surface area contributed by atoms with E-state index in [1.165, 1.54) is 24.3 Å². The molecule has 2 aromatic carbocycles. The van der Waals surface area contributed by atoms with Gasteiger partial charge >= 0.3 is 6.03 Å². The van der Waals surface area contributed by atoms with Crippen molar-refractivity contribution in [2.45, 2.75) is 19.8 Å². The molecule has 1 aliphatic heterocycles. The lowest BCUT2D eigenvalue weighted by Gasteiger charge is -2.18. The van der Waals surface area contributed by atoms with Gasteiger partial charge in [-0.2, -0.15) is 0 Å². The predicted octanol–water partition coefficient (Wildman–Crippen LogP) is 4.57. The molecule has 5 heteroatoms. The van der Waals surface area contributed by atoms with Gasteiger partial charge in [-0.15, -0.1) is 0 Å². The maximum Gasteiger partial charge on any atom is 0.321 e. The molecule has 2 amide bonds. The van der Waals surface area contributed by atoms with Crippen molar-refractivity contribution in [3.05, 3.63) is 53.6 Å². The maximum absolute atomic E-state index is 14.8. The molecular weight excluding hydrogens is 298 g/mol. The Kier molecular flexibility index (Phi) is 4.28. The van der Waals surface area contributed by atoms with E-state index >= 15 is 0 Å².